The lowest BCUT2D eigenvalue weighted by Crippen LogP contribution is -2.27. The molecule has 1 aliphatic rings. The molecule has 2 aromatic carbocycles. The van der Waals surface area contributed by atoms with E-state index in [0.717, 1.165) is 38.1 Å². The fraction of sp³-hybridized carbons (Fsp3) is 0.455. The fourth-order valence-electron chi connectivity index (χ4n) is 3.54. The molecule has 0 unspecified atom stereocenters. The van der Waals surface area contributed by atoms with Gasteiger partial charge in [-0.2, -0.15) is 0 Å². The lowest BCUT2D eigenvalue weighted by Gasteiger charge is -2.28. The van der Waals surface area contributed by atoms with Gasteiger partial charge in [0, 0.05) is 13.2 Å². The van der Waals surface area contributed by atoms with Crippen molar-refractivity contribution >= 4 is 0 Å². The van der Waals surface area contributed by atoms with Crippen LogP contribution < -0.4 is 5.32 Å². The van der Waals surface area contributed by atoms with E-state index in [0.29, 0.717) is 0 Å². The van der Waals surface area contributed by atoms with Crippen LogP contribution in [0.3, 0.4) is 0 Å². The lowest BCUT2D eigenvalue weighted by molar-refractivity contribution is 0.0670. The highest BCUT2D eigenvalue weighted by Gasteiger charge is 2.20. The highest BCUT2D eigenvalue weighted by atomic mass is 16.5. The Labute approximate surface area is 146 Å². The summed E-state index contributed by atoms with van der Waals surface area (Å²) in [5.41, 5.74) is 2.65. The summed E-state index contributed by atoms with van der Waals surface area (Å²) in [5.74, 6) is 1.58. The van der Waals surface area contributed by atoms with Gasteiger partial charge in [0.1, 0.15) is 0 Å². The second-order valence-electron chi connectivity index (χ2n) is 7.00. The van der Waals surface area contributed by atoms with E-state index >= 15 is 0 Å². The molecule has 1 fully saturated rings. The zero-order valence-electron chi connectivity index (χ0n) is 14.5. The third kappa shape index (κ3) is 5.77. The van der Waals surface area contributed by atoms with Crippen molar-refractivity contribution in [3.05, 3.63) is 71.8 Å². The first-order valence-corrected chi connectivity index (χ1v) is 9.26. The summed E-state index contributed by atoms with van der Waals surface area (Å²) in [6.07, 6.45) is 5.29. The first-order valence-electron chi connectivity index (χ1n) is 9.26. The minimum atomic E-state index is 0.749. The monoisotopic (exact) mass is 323 g/mol. The molecular formula is C22H29NO. The van der Waals surface area contributed by atoms with Gasteiger partial charge in [-0.3, -0.25) is 0 Å². The van der Waals surface area contributed by atoms with E-state index in [-0.39, 0.29) is 0 Å². The third-order valence-corrected chi connectivity index (χ3v) is 5.04. The molecule has 0 heterocycles. The first-order chi connectivity index (χ1) is 11.9. The zero-order chi connectivity index (χ0) is 16.5. The van der Waals surface area contributed by atoms with Crippen LogP contribution in [0.2, 0.25) is 0 Å². The van der Waals surface area contributed by atoms with Crippen molar-refractivity contribution in [1.82, 2.24) is 5.32 Å². The van der Waals surface area contributed by atoms with Crippen LogP contribution in [0.5, 0.6) is 0 Å². The largest absolute Gasteiger partial charge is 0.376 e. The molecule has 3 rings (SSSR count). The molecular weight excluding hydrogens is 294 g/mol. The van der Waals surface area contributed by atoms with E-state index in [1.165, 1.54) is 36.8 Å². The first kappa shape index (κ1) is 17.2. The average Bonchev–Trinajstić information content (AvgIpc) is 2.65. The van der Waals surface area contributed by atoms with Gasteiger partial charge in [-0.1, -0.05) is 60.7 Å². The van der Waals surface area contributed by atoms with Crippen molar-refractivity contribution in [2.45, 2.75) is 38.8 Å². The molecule has 1 saturated carbocycles. The second kappa shape index (κ2) is 9.61. The SMILES string of the molecule is c1ccc(CNCC2CCC(COCc3ccccc3)CC2)cc1. The Morgan fingerprint density at radius 2 is 1.33 bits per heavy atom. The molecule has 0 saturated heterocycles. The Balaban J connectivity index is 1.27. The quantitative estimate of drug-likeness (QED) is 0.753. The van der Waals surface area contributed by atoms with Gasteiger partial charge in [0.2, 0.25) is 0 Å². The maximum Gasteiger partial charge on any atom is 0.0717 e. The number of rotatable bonds is 8. The van der Waals surface area contributed by atoms with Crippen LogP contribution in [0.15, 0.2) is 60.7 Å². The molecule has 1 N–H and O–H groups in total. The summed E-state index contributed by atoms with van der Waals surface area (Å²) >= 11 is 0. The minimum Gasteiger partial charge on any atom is -0.376 e. The van der Waals surface area contributed by atoms with Gasteiger partial charge in [0.25, 0.3) is 0 Å². The number of hydrogen-bond acceptors (Lipinski definition) is 2. The smallest absolute Gasteiger partial charge is 0.0717 e. The molecule has 2 nitrogen and oxygen atoms in total. The molecule has 0 radical (unpaired) electrons. The van der Waals surface area contributed by atoms with E-state index in [9.17, 15) is 0 Å². The van der Waals surface area contributed by atoms with Gasteiger partial charge in [0.05, 0.1) is 6.61 Å². The molecule has 24 heavy (non-hydrogen) atoms. The molecule has 0 atom stereocenters. The van der Waals surface area contributed by atoms with Crippen LogP contribution in [0.4, 0.5) is 0 Å². The molecule has 128 valence electrons. The van der Waals surface area contributed by atoms with Crippen molar-refractivity contribution in [2.24, 2.45) is 11.8 Å². The lowest BCUT2D eigenvalue weighted by atomic mass is 9.82. The van der Waals surface area contributed by atoms with Gasteiger partial charge < -0.3 is 10.1 Å². The van der Waals surface area contributed by atoms with Crippen LogP contribution >= 0.6 is 0 Å². The van der Waals surface area contributed by atoms with Crippen LogP contribution in [-0.2, 0) is 17.9 Å². The summed E-state index contributed by atoms with van der Waals surface area (Å²) in [5, 5.41) is 3.62. The van der Waals surface area contributed by atoms with E-state index in [4.69, 9.17) is 4.74 Å². The van der Waals surface area contributed by atoms with Crippen molar-refractivity contribution in [1.29, 1.82) is 0 Å². The molecule has 1 aliphatic carbocycles. The number of nitrogens with one attached hydrogen (secondary N) is 1. The summed E-state index contributed by atoms with van der Waals surface area (Å²) in [6, 6.07) is 21.1. The number of benzene rings is 2. The number of ether oxygens (including phenoxy) is 1. The Hall–Kier alpha value is -1.64. The van der Waals surface area contributed by atoms with Crippen LogP contribution in [0.25, 0.3) is 0 Å². The van der Waals surface area contributed by atoms with E-state index in [1.807, 2.05) is 0 Å². The van der Waals surface area contributed by atoms with Crippen LogP contribution in [0, 0.1) is 11.8 Å². The minimum absolute atomic E-state index is 0.749. The van der Waals surface area contributed by atoms with Crippen molar-refractivity contribution in [2.75, 3.05) is 13.2 Å². The van der Waals surface area contributed by atoms with E-state index < -0.39 is 0 Å². The average molecular weight is 323 g/mol. The molecule has 0 bridgehead atoms. The van der Waals surface area contributed by atoms with Crippen LogP contribution in [-0.4, -0.2) is 13.2 Å². The fourth-order valence-corrected chi connectivity index (χ4v) is 3.54. The zero-order valence-corrected chi connectivity index (χ0v) is 14.5. The maximum absolute atomic E-state index is 5.92. The Morgan fingerprint density at radius 1 is 0.750 bits per heavy atom. The van der Waals surface area contributed by atoms with Gasteiger partial charge >= 0.3 is 0 Å². The van der Waals surface area contributed by atoms with E-state index in [1.54, 1.807) is 0 Å². The van der Waals surface area contributed by atoms with Gasteiger partial charge in [-0.15, -0.1) is 0 Å². The maximum atomic E-state index is 5.92. The molecule has 0 amide bonds. The van der Waals surface area contributed by atoms with Crippen molar-refractivity contribution in [3.8, 4) is 0 Å². The predicted octanol–water partition coefficient (Wildman–Crippen LogP) is 4.80. The van der Waals surface area contributed by atoms with Crippen molar-refractivity contribution < 1.29 is 4.74 Å². The topological polar surface area (TPSA) is 21.3 Å². The van der Waals surface area contributed by atoms with Gasteiger partial charge in [-0.05, 0) is 55.2 Å². The van der Waals surface area contributed by atoms with Crippen LogP contribution in [0.1, 0.15) is 36.8 Å². The standard InChI is InChI=1S/C22H29NO/c1-3-7-19(8-4-1)15-23-16-20-11-13-22(14-12-20)18-24-17-21-9-5-2-6-10-21/h1-10,20,22-23H,11-18H2. The van der Waals surface area contributed by atoms with Gasteiger partial charge in [0.15, 0.2) is 0 Å². The molecule has 2 heteroatoms. The highest BCUT2D eigenvalue weighted by molar-refractivity contribution is 5.14. The Morgan fingerprint density at radius 3 is 2.00 bits per heavy atom. The summed E-state index contributed by atoms with van der Waals surface area (Å²) in [4.78, 5) is 0. The predicted molar refractivity (Wildman–Crippen MR) is 99.7 cm³/mol. The normalized spacial score (nSPS) is 20.8. The second-order valence-corrected chi connectivity index (χ2v) is 7.00. The van der Waals surface area contributed by atoms with Crippen molar-refractivity contribution in [3.63, 3.8) is 0 Å². The summed E-state index contributed by atoms with van der Waals surface area (Å²) in [6.45, 7) is 3.80. The highest BCUT2D eigenvalue weighted by Crippen LogP contribution is 2.28. The summed E-state index contributed by atoms with van der Waals surface area (Å²) in [7, 11) is 0. The molecule has 0 spiro atoms. The molecule has 2 aromatic rings. The Bertz CT molecular complexity index is 508. The number of hydrogen-bond donors (Lipinski definition) is 1. The van der Waals surface area contributed by atoms with Gasteiger partial charge in [-0.25, -0.2) is 0 Å². The Kier molecular flexibility index (Phi) is 6.88. The molecule has 0 aliphatic heterocycles. The molecule has 0 aromatic heterocycles. The van der Waals surface area contributed by atoms with E-state index in [2.05, 4.69) is 66.0 Å². The summed E-state index contributed by atoms with van der Waals surface area (Å²) < 4.78 is 5.92. The third-order valence-electron chi connectivity index (χ3n) is 5.04.